The SMILES string of the molecule is Nc1nc(N)nc(C2CCS(=O)(=O)C2)n1. The van der Waals surface area contributed by atoms with Crippen LogP contribution in [0, 0.1) is 0 Å². The van der Waals surface area contributed by atoms with Crippen LogP contribution in [0.2, 0.25) is 0 Å². The fourth-order valence-electron chi connectivity index (χ4n) is 1.61. The molecular weight excluding hydrogens is 218 g/mol. The van der Waals surface area contributed by atoms with Gasteiger partial charge in [-0.15, -0.1) is 0 Å². The van der Waals surface area contributed by atoms with Crippen LogP contribution < -0.4 is 11.5 Å². The molecule has 1 aliphatic heterocycles. The highest BCUT2D eigenvalue weighted by Crippen LogP contribution is 2.26. The topological polar surface area (TPSA) is 125 Å². The maximum absolute atomic E-state index is 11.3. The number of hydrogen-bond acceptors (Lipinski definition) is 7. The third kappa shape index (κ3) is 2.14. The summed E-state index contributed by atoms with van der Waals surface area (Å²) in [5.74, 6) is 0.464. The zero-order chi connectivity index (χ0) is 11.1. The molecule has 82 valence electrons. The third-order valence-corrected chi connectivity index (χ3v) is 4.05. The van der Waals surface area contributed by atoms with Gasteiger partial charge in [0.2, 0.25) is 11.9 Å². The summed E-state index contributed by atoms with van der Waals surface area (Å²) >= 11 is 0. The average Bonchev–Trinajstić information content (AvgIpc) is 2.44. The fraction of sp³-hybridized carbons (Fsp3) is 0.571. The standard InChI is InChI=1S/C7H11N5O2S/c8-6-10-5(11-7(9)12-6)4-1-2-15(13,14)3-4/h4H,1-3H2,(H4,8,9,10,11,12). The smallest absolute Gasteiger partial charge is 0.225 e. The van der Waals surface area contributed by atoms with Crippen LogP contribution in [0.15, 0.2) is 0 Å². The molecule has 0 bridgehead atoms. The summed E-state index contributed by atoms with van der Waals surface area (Å²) in [6.45, 7) is 0. The quantitative estimate of drug-likeness (QED) is 0.628. The summed E-state index contributed by atoms with van der Waals surface area (Å²) in [6, 6.07) is 0. The van der Waals surface area contributed by atoms with Crippen molar-refractivity contribution in [3.63, 3.8) is 0 Å². The van der Waals surface area contributed by atoms with Gasteiger partial charge in [-0.2, -0.15) is 15.0 Å². The number of anilines is 2. The molecule has 1 atom stereocenters. The summed E-state index contributed by atoms with van der Waals surface area (Å²) in [7, 11) is -2.95. The van der Waals surface area contributed by atoms with Crippen LogP contribution in [0.1, 0.15) is 18.2 Å². The molecule has 1 aliphatic rings. The Morgan fingerprint density at radius 3 is 2.20 bits per heavy atom. The number of sulfone groups is 1. The van der Waals surface area contributed by atoms with E-state index in [9.17, 15) is 8.42 Å². The molecule has 8 heteroatoms. The van der Waals surface area contributed by atoms with Gasteiger partial charge in [-0.3, -0.25) is 0 Å². The van der Waals surface area contributed by atoms with Crippen molar-refractivity contribution in [1.29, 1.82) is 0 Å². The molecule has 0 aliphatic carbocycles. The lowest BCUT2D eigenvalue weighted by Gasteiger charge is -2.06. The molecule has 1 aromatic heterocycles. The lowest BCUT2D eigenvalue weighted by Crippen LogP contribution is -2.12. The van der Waals surface area contributed by atoms with Gasteiger partial charge < -0.3 is 11.5 Å². The summed E-state index contributed by atoms with van der Waals surface area (Å²) < 4.78 is 22.5. The first kappa shape index (κ1) is 10.1. The lowest BCUT2D eigenvalue weighted by atomic mass is 10.1. The molecule has 0 aromatic carbocycles. The molecule has 15 heavy (non-hydrogen) atoms. The second kappa shape index (κ2) is 3.30. The predicted molar refractivity (Wildman–Crippen MR) is 54.7 cm³/mol. The Hall–Kier alpha value is -1.44. The molecule has 0 radical (unpaired) electrons. The number of rotatable bonds is 1. The second-order valence-electron chi connectivity index (χ2n) is 3.51. The van der Waals surface area contributed by atoms with E-state index in [0.717, 1.165) is 0 Å². The van der Waals surface area contributed by atoms with Crippen LogP contribution in [-0.4, -0.2) is 34.9 Å². The Labute approximate surface area is 86.8 Å². The van der Waals surface area contributed by atoms with E-state index in [-0.39, 0.29) is 29.3 Å². The van der Waals surface area contributed by atoms with Crippen LogP contribution in [0.5, 0.6) is 0 Å². The monoisotopic (exact) mass is 229 g/mol. The minimum absolute atomic E-state index is 0.0294. The molecule has 1 fully saturated rings. The Kier molecular flexibility index (Phi) is 2.22. The molecule has 4 N–H and O–H groups in total. The van der Waals surface area contributed by atoms with Crippen molar-refractivity contribution in [2.45, 2.75) is 12.3 Å². The number of nitrogens with zero attached hydrogens (tertiary/aromatic N) is 3. The molecule has 0 amide bonds. The van der Waals surface area contributed by atoms with E-state index in [2.05, 4.69) is 15.0 Å². The highest BCUT2D eigenvalue weighted by atomic mass is 32.2. The van der Waals surface area contributed by atoms with E-state index < -0.39 is 9.84 Å². The molecule has 0 spiro atoms. The molecular formula is C7H11N5O2S. The molecule has 2 heterocycles. The van der Waals surface area contributed by atoms with Gasteiger partial charge >= 0.3 is 0 Å². The van der Waals surface area contributed by atoms with Crippen molar-refractivity contribution in [3.05, 3.63) is 5.82 Å². The van der Waals surface area contributed by atoms with Gasteiger partial charge in [-0.05, 0) is 6.42 Å². The maximum atomic E-state index is 11.3. The van der Waals surface area contributed by atoms with Gasteiger partial charge in [0.15, 0.2) is 9.84 Å². The lowest BCUT2D eigenvalue weighted by molar-refractivity contribution is 0.601. The van der Waals surface area contributed by atoms with Gasteiger partial charge in [-0.25, -0.2) is 8.42 Å². The molecule has 1 unspecified atom stereocenters. The van der Waals surface area contributed by atoms with Crippen molar-refractivity contribution < 1.29 is 8.42 Å². The van der Waals surface area contributed by atoms with Crippen molar-refractivity contribution in [2.75, 3.05) is 23.0 Å². The summed E-state index contributed by atoms with van der Waals surface area (Å²) in [5.41, 5.74) is 10.8. The largest absolute Gasteiger partial charge is 0.368 e. The van der Waals surface area contributed by atoms with Crippen molar-refractivity contribution in [2.24, 2.45) is 0 Å². The highest BCUT2D eigenvalue weighted by molar-refractivity contribution is 7.91. The van der Waals surface area contributed by atoms with E-state index in [1.54, 1.807) is 0 Å². The van der Waals surface area contributed by atoms with Gasteiger partial charge in [-0.1, -0.05) is 0 Å². The van der Waals surface area contributed by atoms with E-state index in [4.69, 9.17) is 11.5 Å². The Balaban J connectivity index is 2.31. The normalized spacial score (nSPS) is 24.1. The summed E-state index contributed by atoms with van der Waals surface area (Å²) in [6.07, 6.45) is 0.519. The highest BCUT2D eigenvalue weighted by Gasteiger charge is 2.31. The Bertz CT molecular complexity index is 466. The van der Waals surface area contributed by atoms with Crippen LogP contribution in [0.25, 0.3) is 0 Å². The number of nitrogens with two attached hydrogens (primary N) is 2. The zero-order valence-electron chi connectivity index (χ0n) is 7.92. The van der Waals surface area contributed by atoms with E-state index in [0.29, 0.717) is 12.2 Å². The molecule has 1 aromatic rings. The average molecular weight is 229 g/mol. The summed E-state index contributed by atoms with van der Waals surface area (Å²) in [5, 5.41) is 0. The third-order valence-electron chi connectivity index (χ3n) is 2.28. The zero-order valence-corrected chi connectivity index (χ0v) is 8.74. The number of hydrogen-bond donors (Lipinski definition) is 2. The van der Waals surface area contributed by atoms with E-state index in [1.807, 2.05) is 0 Å². The predicted octanol–water partition coefficient (Wildman–Crippen LogP) is -1.06. The number of nitrogen functional groups attached to an aromatic ring is 2. The molecule has 0 saturated carbocycles. The molecule has 2 rings (SSSR count). The minimum atomic E-state index is -2.95. The van der Waals surface area contributed by atoms with Gasteiger partial charge in [0.1, 0.15) is 5.82 Å². The fourth-order valence-corrected chi connectivity index (χ4v) is 3.35. The van der Waals surface area contributed by atoms with E-state index >= 15 is 0 Å². The maximum Gasteiger partial charge on any atom is 0.225 e. The molecule has 1 saturated heterocycles. The molecule has 7 nitrogen and oxygen atoms in total. The first-order valence-electron chi connectivity index (χ1n) is 4.43. The second-order valence-corrected chi connectivity index (χ2v) is 5.74. The Morgan fingerprint density at radius 1 is 1.13 bits per heavy atom. The summed E-state index contributed by atoms with van der Waals surface area (Å²) in [4.78, 5) is 11.4. The minimum Gasteiger partial charge on any atom is -0.368 e. The van der Waals surface area contributed by atoms with Crippen LogP contribution in [0.3, 0.4) is 0 Å². The van der Waals surface area contributed by atoms with Gasteiger partial charge in [0.25, 0.3) is 0 Å². The first-order valence-corrected chi connectivity index (χ1v) is 6.26. The van der Waals surface area contributed by atoms with Crippen LogP contribution in [0.4, 0.5) is 11.9 Å². The van der Waals surface area contributed by atoms with E-state index in [1.165, 1.54) is 0 Å². The van der Waals surface area contributed by atoms with Crippen molar-refractivity contribution in [1.82, 2.24) is 15.0 Å². The van der Waals surface area contributed by atoms with Crippen molar-refractivity contribution in [3.8, 4) is 0 Å². The van der Waals surface area contributed by atoms with Crippen LogP contribution in [-0.2, 0) is 9.84 Å². The van der Waals surface area contributed by atoms with Crippen LogP contribution >= 0.6 is 0 Å². The van der Waals surface area contributed by atoms with Gasteiger partial charge in [0.05, 0.1) is 11.5 Å². The van der Waals surface area contributed by atoms with Gasteiger partial charge in [0, 0.05) is 5.92 Å². The Morgan fingerprint density at radius 2 is 1.73 bits per heavy atom. The van der Waals surface area contributed by atoms with Crippen molar-refractivity contribution >= 4 is 21.7 Å². The first-order chi connectivity index (χ1) is 6.96. The number of aromatic nitrogens is 3.